The van der Waals surface area contributed by atoms with Crippen LogP contribution in [0.15, 0.2) is 0 Å². The molecule has 1 aliphatic rings. The summed E-state index contributed by atoms with van der Waals surface area (Å²) in [5.41, 5.74) is 0. The molecule has 0 aromatic heterocycles. The van der Waals surface area contributed by atoms with Crippen LogP contribution in [0.3, 0.4) is 0 Å². The minimum atomic E-state index is -4.01. The summed E-state index contributed by atoms with van der Waals surface area (Å²) >= 11 is 0. The quantitative estimate of drug-likeness (QED) is 0.693. The highest BCUT2D eigenvalue weighted by Gasteiger charge is 2.34. The molecular weight excluding hydrogens is 261 g/mol. The molecule has 0 radical (unpaired) electrons. The van der Waals surface area contributed by atoms with Crippen LogP contribution in [0.1, 0.15) is 13.8 Å². The van der Waals surface area contributed by atoms with E-state index in [1.807, 2.05) is 19.0 Å². The Morgan fingerprint density at radius 3 is 2.61 bits per heavy atom. The second-order valence-electron chi connectivity index (χ2n) is 4.85. The monoisotopic (exact) mass is 283 g/mol. The number of rotatable bonds is 7. The van der Waals surface area contributed by atoms with E-state index in [0.29, 0.717) is 13.2 Å². The third-order valence-corrected chi connectivity index (χ3v) is 3.27. The highest BCUT2D eigenvalue weighted by atomic mass is 31.2. The van der Waals surface area contributed by atoms with Gasteiger partial charge in [-0.05, 0) is 27.9 Å². The number of likely N-dealkylation sites (N-methyl/N-ethyl adjacent to an activating group) is 1. The second kappa shape index (κ2) is 6.43. The molecule has 1 aliphatic heterocycles. The summed E-state index contributed by atoms with van der Waals surface area (Å²) < 4.78 is 31.9. The standard InChI is InChI=1S/C10H22NO6P/c1-10(2)14-7-9(17-10)8-16-18(12,13)15-6-5-11(3)4/h9H,5-8H2,1-4H3,(H,12,13). The molecule has 0 saturated carbocycles. The van der Waals surface area contributed by atoms with Gasteiger partial charge in [0.15, 0.2) is 5.79 Å². The van der Waals surface area contributed by atoms with Crippen LogP contribution < -0.4 is 0 Å². The van der Waals surface area contributed by atoms with Crippen molar-refractivity contribution in [3.05, 3.63) is 0 Å². The first kappa shape index (κ1) is 16.0. The van der Waals surface area contributed by atoms with E-state index in [0.717, 1.165) is 0 Å². The van der Waals surface area contributed by atoms with Gasteiger partial charge in [0.05, 0.1) is 19.8 Å². The van der Waals surface area contributed by atoms with Gasteiger partial charge in [-0.25, -0.2) is 4.57 Å². The van der Waals surface area contributed by atoms with Gasteiger partial charge >= 0.3 is 7.82 Å². The minimum absolute atomic E-state index is 0.0286. The predicted octanol–water partition coefficient (Wildman–Crippen LogP) is 0.833. The lowest BCUT2D eigenvalue weighted by Gasteiger charge is -2.18. The number of phosphoric acid groups is 1. The Balaban J connectivity index is 2.23. The number of hydrogen-bond donors (Lipinski definition) is 1. The van der Waals surface area contributed by atoms with E-state index in [1.54, 1.807) is 13.8 Å². The van der Waals surface area contributed by atoms with Crippen LogP contribution in [-0.2, 0) is 23.1 Å². The minimum Gasteiger partial charge on any atom is -0.348 e. The molecule has 1 N–H and O–H groups in total. The van der Waals surface area contributed by atoms with Gasteiger partial charge < -0.3 is 19.3 Å². The molecule has 2 atom stereocenters. The average molecular weight is 283 g/mol. The van der Waals surface area contributed by atoms with Crippen molar-refractivity contribution in [1.29, 1.82) is 0 Å². The zero-order valence-electron chi connectivity index (χ0n) is 11.3. The van der Waals surface area contributed by atoms with E-state index in [2.05, 4.69) is 0 Å². The van der Waals surface area contributed by atoms with Gasteiger partial charge in [-0.3, -0.25) is 9.05 Å². The lowest BCUT2D eigenvalue weighted by atomic mass is 10.4. The predicted molar refractivity (Wildman–Crippen MR) is 65.2 cm³/mol. The molecule has 0 aromatic carbocycles. The van der Waals surface area contributed by atoms with Crippen molar-refractivity contribution in [3.8, 4) is 0 Å². The Bertz CT molecular complexity index is 309. The van der Waals surface area contributed by atoms with Crippen LogP contribution >= 0.6 is 7.82 Å². The maximum absolute atomic E-state index is 11.5. The lowest BCUT2D eigenvalue weighted by Crippen LogP contribution is -2.24. The molecule has 2 unspecified atom stereocenters. The molecule has 0 aliphatic carbocycles. The van der Waals surface area contributed by atoms with Gasteiger partial charge in [0, 0.05) is 6.54 Å². The normalized spacial score (nSPS) is 26.4. The largest absolute Gasteiger partial charge is 0.472 e. The molecule has 1 rings (SSSR count). The van der Waals surface area contributed by atoms with E-state index >= 15 is 0 Å². The fourth-order valence-corrected chi connectivity index (χ4v) is 2.14. The van der Waals surface area contributed by atoms with Gasteiger partial charge in [-0.2, -0.15) is 0 Å². The van der Waals surface area contributed by atoms with E-state index in [-0.39, 0.29) is 19.3 Å². The fraction of sp³-hybridized carbons (Fsp3) is 1.00. The number of hydrogen-bond acceptors (Lipinski definition) is 6. The Hall–Kier alpha value is -0.0100. The summed E-state index contributed by atoms with van der Waals surface area (Å²) in [6, 6.07) is 0. The molecule has 0 aromatic rings. The molecule has 18 heavy (non-hydrogen) atoms. The van der Waals surface area contributed by atoms with E-state index in [1.165, 1.54) is 0 Å². The molecule has 1 heterocycles. The van der Waals surface area contributed by atoms with Gasteiger partial charge in [-0.15, -0.1) is 0 Å². The Labute approximate surface area is 108 Å². The number of phosphoric ester groups is 1. The Morgan fingerprint density at radius 1 is 1.44 bits per heavy atom. The number of ether oxygens (including phenoxy) is 2. The van der Waals surface area contributed by atoms with E-state index < -0.39 is 13.6 Å². The topological polar surface area (TPSA) is 77.5 Å². The van der Waals surface area contributed by atoms with Crippen molar-refractivity contribution in [2.45, 2.75) is 25.7 Å². The van der Waals surface area contributed by atoms with Gasteiger partial charge in [0.25, 0.3) is 0 Å². The first-order valence-corrected chi connectivity index (χ1v) is 7.28. The Kier molecular flexibility index (Phi) is 5.73. The van der Waals surface area contributed by atoms with Crippen LogP contribution in [0, 0.1) is 0 Å². The molecular formula is C10H22NO6P. The van der Waals surface area contributed by atoms with Gasteiger partial charge in [0.1, 0.15) is 6.10 Å². The van der Waals surface area contributed by atoms with Crippen LogP contribution in [0.5, 0.6) is 0 Å². The molecule has 0 spiro atoms. The summed E-state index contributed by atoms with van der Waals surface area (Å²) in [4.78, 5) is 11.3. The summed E-state index contributed by atoms with van der Waals surface area (Å²) in [5.74, 6) is -0.667. The van der Waals surface area contributed by atoms with Crippen LogP contribution in [0.4, 0.5) is 0 Å². The zero-order chi connectivity index (χ0) is 13.8. The van der Waals surface area contributed by atoms with Crippen LogP contribution in [-0.4, -0.2) is 62.1 Å². The molecule has 1 saturated heterocycles. The van der Waals surface area contributed by atoms with Crippen molar-refractivity contribution in [3.63, 3.8) is 0 Å². The summed E-state index contributed by atoms with van der Waals surface area (Å²) in [7, 11) is -0.314. The number of nitrogens with zero attached hydrogens (tertiary/aromatic N) is 1. The van der Waals surface area contributed by atoms with Crippen molar-refractivity contribution in [1.82, 2.24) is 4.90 Å². The maximum Gasteiger partial charge on any atom is 0.472 e. The van der Waals surface area contributed by atoms with Gasteiger partial charge in [0.2, 0.25) is 0 Å². The van der Waals surface area contributed by atoms with E-state index in [9.17, 15) is 9.46 Å². The first-order chi connectivity index (χ1) is 8.20. The smallest absolute Gasteiger partial charge is 0.348 e. The summed E-state index contributed by atoms with van der Waals surface area (Å²) in [5, 5.41) is 0. The van der Waals surface area contributed by atoms with Crippen molar-refractivity contribution < 1.29 is 28.0 Å². The van der Waals surface area contributed by atoms with Crippen molar-refractivity contribution in [2.75, 3.05) is 40.5 Å². The molecule has 0 bridgehead atoms. The lowest BCUT2D eigenvalue weighted by molar-refractivity contribution is -0.142. The van der Waals surface area contributed by atoms with Crippen LogP contribution in [0.2, 0.25) is 0 Å². The third kappa shape index (κ3) is 6.24. The zero-order valence-corrected chi connectivity index (χ0v) is 12.2. The third-order valence-electron chi connectivity index (χ3n) is 2.28. The molecule has 108 valence electrons. The molecule has 7 nitrogen and oxygen atoms in total. The molecule has 0 amide bonds. The summed E-state index contributed by atoms with van der Waals surface area (Å²) in [6.07, 6.45) is -0.349. The fourth-order valence-electron chi connectivity index (χ4n) is 1.40. The highest BCUT2D eigenvalue weighted by molar-refractivity contribution is 7.47. The van der Waals surface area contributed by atoms with Gasteiger partial charge in [-0.1, -0.05) is 0 Å². The van der Waals surface area contributed by atoms with Crippen LogP contribution in [0.25, 0.3) is 0 Å². The SMILES string of the molecule is CN(C)CCOP(=O)(O)OCC1COC(C)(C)O1. The maximum atomic E-state index is 11.5. The molecule has 8 heteroatoms. The highest BCUT2D eigenvalue weighted by Crippen LogP contribution is 2.43. The second-order valence-corrected chi connectivity index (χ2v) is 6.31. The first-order valence-electron chi connectivity index (χ1n) is 5.78. The van der Waals surface area contributed by atoms with E-state index in [4.69, 9.17) is 18.5 Å². The average Bonchev–Trinajstić information content (AvgIpc) is 2.55. The Morgan fingerprint density at radius 2 is 2.11 bits per heavy atom. The van der Waals surface area contributed by atoms with Crippen molar-refractivity contribution >= 4 is 7.82 Å². The van der Waals surface area contributed by atoms with Crippen molar-refractivity contribution in [2.24, 2.45) is 0 Å². The molecule has 1 fully saturated rings. The summed E-state index contributed by atoms with van der Waals surface area (Å²) in [6.45, 7) is 4.54.